The summed E-state index contributed by atoms with van der Waals surface area (Å²) in [6, 6.07) is 20.1. The third kappa shape index (κ3) is 4.67. The van der Waals surface area contributed by atoms with Crippen molar-refractivity contribution in [3.63, 3.8) is 0 Å². The number of amides is 1. The molecule has 7 nitrogen and oxygen atoms in total. The first kappa shape index (κ1) is 19.4. The maximum Gasteiger partial charge on any atom is 0.255 e. The Labute approximate surface area is 162 Å². The molecule has 0 heterocycles. The van der Waals surface area contributed by atoms with Crippen LogP contribution in [0, 0.1) is 0 Å². The van der Waals surface area contributed by atoms with Crippen molar-refractivity contribution in [3.05, 3.63) is 78.4 Å². The van der Waals surface area contributed by atoms with Crippen molar-refractivity contribution in [2.75, 3.05) is 12.4 Å². The molecule has 0 aromatic heterocycles. The van der Waals surface area contributed by atoms with Crippen molar-refractivity contribution in [1.29, 1.82) is 0 Å². The van der Waals surface area contributed by atoms with Gasteiger partial charge in [0.15, 0.2) is 0 Å². The monoisotopic (exact) mass is 398 g/mol. The minimum atomic E-state index is -4.03. The molecule has 0 aliphatic carbocycles. The number of carbonyl (C=O) groups excluding carboxylic acids is 1. The molecule has 0 atom stereocenters. The first-order valence-electron chi connectivity index (χ1n) is 8.22. The van der Waals surface area contributed by atoms with Crippen LogP contribution >= 0.6 is 0 Å². The fourth-order valence-electron chi connectivity index (χ4n) is 2.47. The SMILES string of the molecule is COc1ccc(C(=O)Nc2ccc(Oc3ccccc3)cc2)cc1S(N)(=O)=O. The van der Waals surface area contributed by atoms with Crippen molar-refractivity contribution in [2.45, 2.75) is 4.90 Å². The lowest BCUT2D eigenvalue weighted by molar-refractivity contribution is 0.102. The second kappa shape index (κ2) is 8.12. The molecule has 0 bridgehead atoms. The first-order chi connectivity index (χ1) is 13.4. The minimum absolute atomic E-state index is 0.0708. The summed E-state index contributed by atoms with van der Waals surface area (Å²) in [4.78, 5) is 12.2. The lowest BCUT2D eigenvalue weighted by Gasteiger charge is -2.10. The molecule has 3 aromatic carbocycles. The third-order valence-corrected chi connectivity index (χ3v) is 4.76. The largest absolute Gasteiger partial charge is 0.495 e. The number of hydrogen-bond acceptors (Lipinski definition) is 5. The maximum atomic E-state index is 12.5. The zero-order chi connectivity index (χ0) is 20.1. The van der Waals surface area contributed by atoms with Crippen molar-refractivity contribution < 1.29 is 22.7 Å². The molecule has 3 aromatic rings. The molecule has 0 saturated carbocycles. The quantitative estimate of drug-likeness (QED) is 0.662. The van der Waals surface area contributed by atoms with Crippen LogP contribution in [0.5, 0.6) is 17.2 Å². The Hall–Kier alpha value is -3.36. The highest BCUT2D eigenvalue weighted by Gasteiger charge is 2.18. The van der Waals surface area contributed by atoms with E-state index in [4.69, 9.17) is 14.6 Å². The van der Waals surface area contributed by atoms with Gasteiger partial charge in [0, 0.05) is 11.3 Å². The lowest BCUT2D eigenvalue weighted by Crippen LogP contribution is -2.16. The maximum absolute atomic E-state index is 12.5. The molecule has 0 unspecified atom stereocenters. The number of anilines is 1. The van der Waals surface area contributed by atoms with E-state index in [0.29, 0.717) is 17.2 Å². The Bertz CT molecular complexity index is 1080. The van der Waals surface area contributed by atoms with Gasteiger partial charge in [0.05, 0.1) is 7.11 Å². The molecule has 3 N–H and O–H groups in total. The van der Waals surface area contributed by atoms with Gasteiger partial charge >= 0.3 is 0 Å². The van der Waals surface area contributed by atoms with Crippen LogP contribution in [0.4, 0.5) is 5.69 Å². The summed E-state index contributed by atoms with van der Waals surface area (Å²) in [5.74, 6) is 0.906. The molecule has 144 valence electrons. The van der Waals surface area contributed by atoms with Gasteiger partial charge in [0.25, 0.3) is 5.91 Å². The lowest BCUT2D eigenvalue weighted by atomic mass is 10.2. The van der Waals surface area contributed by atoms with Crippen LogP contribution in [0.25, 0.3) is 0 Å². The fraction of sp³-hybridized carbons (Fsp3) is 0.0500. The van der Waals surface area contributed by atoms with Crippen molar-refractivity contribution in [1.82, 2.24) is 0 Å². The van der Waals surface area contributed by atoms with E-state index in [2.05, 4.69) is 5.32 Å². The summed E-state index contributed by atoms with van der Waals surface area (Å²) in [6.45, 7) is 0. The van der Waals surface area contributed by atoms with Gasteiger partial charge in [-0.05, 0) is 54.6 Å². The van der Waals surface area contributed by atoms with Gasteiger partial charge in [-0.1, -0.05) is 18.2 Å². The van der Waals surface area contributed by atoms with Crippen molar-refractivity contribution in [2.24, 2.45) is 5.14 Å². The molecular weight excluding hydrogens is 380 g/mol. The zero-order valence-corrected chi connectivity index (χ0v) is 15.8. The van der Waals surface area contributed by atoms with E-state index in [-0.39, 0.29) is 16.2 Å². The zero-order valence-electron chi connectivity index (χ0n) is 15.0. The average molecular weight is 398 g/mol. The van der Waals surface area contributed by atoms with E-state index < -0.39 is 15.9 Å². The molecule has 8 heteroatoms. The highest BCUT2D eigenvalue weighted by molar-refractivity contribution is 7.89. The molecule has 0 saturated heterocycles. The van der Waals surface area contributed by atoms with Crippen molar-refractivity contribution >= 4 is 21.6 Å². The van der Waals surface area contributed by atoms with Gasteiger partial charge < -0.3 is 14.8 Å². The number of rotatable bonds is 6. The summed E-state index contributed by atoms with van der Waals surface area (Å²) in [6.07, 6.45) is 0. The summed E-state index contributed by atoms with van der Waals surface area (Å²) in [5, 5.41) is 7.88. The Morgan fingerprint density at radius 2 is 1.57 bits per heavy atom. The number of ether oxygens (including phenoxy) is 2. The highest BCUT2D eigenvalue weighted by Crippen LogP contribution is 2.25. The number of sulfonamides is 1. The highest BCUT2D eigenvalue weighted by atomic mass is 32.2. The van der Waals surface area contributed by atoms with Gasteiger partial charge in [0.1, 0.15) is 22.1 Å². The Balaban J connectivity index is 1.74. The number of primary sulfonamides is 1. The molecule has 0 aliphatic rings. The number of nitrogens with two attached hydrogens (primary N) is 1. The van der Waals surface area contributed by atoms with E-state index in [1.165, 1.54) is 25.3 Å². The van der Waals surface area contributed by atoms with Crippen LogP contribution in [-0.4, -0.2) is 21.4 Å². The fourth-order valence-corrected chi connectivity index (χ4v) is 3.20. The van der Waals surface area contributed by atoms with Gasteiger partial charge in [-0.2, -0.15) is 0 Å². The van der Waals surface area contributed by atoms with Crippen LogP contribution in [-0.2, 0) is 10.0 Å². The molecule has 0 radical (unpaired) electrons. The number of para-hydroxylation sites is 1. The van der Waals surface area contributed by atoms with Gasteiger partial charge in [-0.3, -0.25) is 4.79 Å². The van der Waals surface area contributed by atoms with Crippen LogP contribution in [0.2, 0.25) is 0 Å². The van der Waals surface area contributed by atoms with Gasteiger partial charge in [-0.25, -0.2) is 13.6 Å². The van der Waals surface area contributed by atoms with E-state index in [1.807, 2.05) is 30.3 Å². The second-order valence-corrected chi connectivity index (χ2v) is 7.33. The molecular formula is C20H18N2O5S. The van der Waals surface area contributed by atoms with Gasteiger partial charge in [0.2, 0.25) is 10.0 Å². The summed E-state index contributed by atoms with van der Waals surface area (Å²) >= 11 is 0. The minimum Gasteiger partial charge on any atom is -0.495 e. The second-order valence-electron chi connectivity index (χ2n) is 5.80. The Morgan fingerprint density at radius 1 is 0.929 bits per heavy atom. The standard InChI is InChI=1S/C20H18N2O5S/c1-26-18-12-7-14(13-19(18)28(21,24)25)20(23)22-15-8-10-17(11-9-15)27-16-5-3-2-4-6-16/h2-13H,1H3,(H,22,23)(H2,21,24,25). The van der Waals surface area contributed by atoms with E-state index >= 15 is 0 Å². The smallest absolute Gasteiger partial charge is 0.255 e. The van der Waals surface area contributed by atoms with Crippen LogP contribution in [0.1, 0.15) is 10.4 Å². The molecule has 3 rings (SSSR count). The Morgan fingerprint density at radius 3 is 2.18 bits per heavy atom. The molecule has 0 aliphatic heterocycles. The summed E-state index contributed by atoms with van der Waals surface area (Å²) in [5.41, 5.74) is 0.660. The predicted molar refractivity (Wildman–Crippen MR) is 105 cm³/mol. The number of nitrogens with one attached hydrogen (secondary N) is 1. The van der Waals surface area contributed by atoms with Gasteiger partial charge in [-0.15, -0.1) is 0 Å². The van der Waals surface area contributed by atoms with Crippen molar-refractivity contribution in [3.8, 4) is 17.2 Å². The number of methoxy groups -OCH3 is 1. The molecule has 1 amide bonds. The molecule has 0 fully saturated rings. The normalized spacial score (nSPS) is 10.9. The summed E-state index contributed by atoms with van der Waals surface area (Å²) < 4.78 is 34.0. The van der Waals surface area contributed by atoms with Crippen LogP contribution in [0.3, 0.4) is 0 Å². The predicted octanol–water partition coefficient (Wildman–Crippen LogP) is 3.39. The molecule has 0 spiro atoms. The summed E-state index contributed by atoms with van der Waals surface area (Å²) in [7, 11) is -2.71. The first-order valence-corrected chi connectivity index (χ1v) is 9.76. The third-order valence-electron chi connectivity index (χ3n) is 3.82. The number of benzene rings is 3. The molecule has 28 heavy (non-hydrogen) atoms. The topological polar surface area (TPSA) is 108 Å². The van der Waals surface area contributed by atoms with Crippen LogP contribution in [0.15, 0.2) is 77.7 Å². The van der Waals surface area contributed by atoms with E-state index in [1.54, 1.807) is 24.3 Å². The number of carbonyl (C=O) groups is 1. The Kier molecular flexibility index (Phi) is 5.62. The van der Waals surface area contributed by atoms with Crippen LogP contribution < -0.4 is 19.9 Å². The average Bonchev–Trinajstić information content (AvgIpc) is 2.69. The van der Waals surface area contributed by atoms with E-state index in [9.17, 15) is 13.2 Å². The number of hydrogen-bond donors (Lipinski definition) is 2. The van der Waals surface area contributed by atoms with E-state index in [0.717, 1.165) is 0 Å².